The zero-order chi connectivity index (χ0) is 12.6. The minimum Gasteiger partial charge on any atom is -0.396 e. The Morgan fingerprint density at radius 1 is 0.882 bits per heavy atom. The van der Waals surface area contributed by atoms with Gasteiger partial charge in [0, 0.05) is 5.56 Å². The summed E-state index contributed by atoms with van der Waals surface area (Å²) in [7, 11) is 0. The number of hydrogen-bond donors (Lipinski definition) is 1. The van der Waals surface area contributed by atoms with E-state index in [4.69, 9.17) is 5.73 Å². The SMILES string of the molecule is Cc1ccc(-c2cc(N)c(F)c(F)c2F)cc1. The number of anilines is 1. The predicted molar refractivity (Wildman–Crippen MR) is 60.9 cm³/mol. The summed E-state index contributed by atoms with van der Waals surface area (Å²) in [5, 5.41) is 0. The largest absolute Gasteiger partial charge is 0.396 e. The monoisotopic (exact) mass is 237 g/mol. The Labute approximate surface area is 96.7 Å². The molecule has 0 saturated heterocycles. The maximum absolute atomic E-state index is 13.6. The van der Waals surface area contributed by atoms with Crippen LogP contribution in [-0.4, -0.2) is 0 Å². The maximum atomic E-state index is 13.6. The normalized spacial score (nSPS) is 10.6. The van der Waals surface area contributed by atoms with Crippen LogP contribution in [0.1, 0.15) is 5.56 Å². The molecule has 0 atom stereocenters. The van der Waals surface area contributed by atoms with Crippen LogP contribution in [0.15, 0.2) is 30.3 Å². The van der Waals surface area contributed by atoms with Crippen molar-refractivity contribution >= 4 is 5.69 Å². The molecule has 0 heterocycles. The number of hydrogen-bond acceptors (Lipinski definition) is 1. The van der Waals surface area contributed by atoms with Gasteiger partial charge >= 0.3 is 0 Å². The molecule has 0 aliphatic carbocycles. The molecule has 0 radical (unpaired) electrons. The first kappa shape index (κ1) is 11.5. The fourth-order valence-electron chi connectivity index (χ4n) is 1.57. The molecule has 0 amide bonds. The number of nitrogens with two attached hydrogens (primary N) is 1. The highest BCUT2D eigenvalue weighted by molar-refractivity contribution is 5.68. The minimum atomic E-state index is -1.54. The minimum absolute atomic E-state index is 0.0404. The van der Waals surface area contributed by atoms with E-state index in [-0.39, 0.29) is 5.56 Å². The molecular formula is C13H10F3N. The van der Waals surface area contributed by atoms with Crippen molar-refractivity contribution in [2.24, 2.45) is 0 Å². The average Bonchev–Trinajstić information content (AvgIpc) is 2.32. The molecule has 0 aliphatic heterocycles. The summed E-state index contributed by atoms with van der Waals surface area (Å²) in [6, 6.07) is 7.87. The average molecular weight is 237 g/mol. The molecule has 2 rings (SSSR count). The van der Waals surface area contributed by atoms with Crippen LogP contribution in [0.25, 0.3) is 11.1 Å². The summed E-state index contributed by atoms with van der Waals surface area (Å²) < 4.78 is 39.8. The number of benzene rings is 2. The van der Waals surface area contributed by atoms with E-state index in [0.29, 0.717) is 5.56 Å². The predicted octanol–water partition coefficient (Wildman–Crippen LogP) is 3.66. The molecule has 0 spiro atoms. The van der Waals surface area contributed by atoms with Crippen molar-refractivity contribution in [3.63, 3.8) is 0 Å². The van der Waals surface area contributed by atoms with Gasteiger partial charge in [0.05, 0.1) is 5.69 Å². The molecule has 0 saturated carbocycles. The number of aryl methyl sites for hydroxylation is 1. The van der Waals surface area contributed by atoms with Crippen LogP contribution in [0.2, 0.25) is 0 Å². The van der Waals surface area contributed by atoms with Gasteiger partial charge in [-0.1, -0.05) is 29.8 Å². The highest BCUT2D eigenvalue weighted by atomic mass is 19.2. The summed E-state index contributed by atoms with van der Waals surface area (Å²) in [6.45, 7) is 1.87. The molecule has 0 unspecified atom stereocenters. The molecule has 2 aromatic rings. The summed E-state index contributed by atoms with van der Waals surface area (Å²) >= 11 is 0. The Morgan fingerprint density at radius 2 is 1.47 bits per heavy atom. The van der Waals surface area contributed by atoms with E-state index in [1.54, 1.807) is 24.3 Å². The molecule has 2 aromatic carbocycles. The summed E-state index contributed by atoms with van der Waals surface area (Å²) in [6.07, 6.45) is 0. The van der Waals surface area contributed by atoms with Gasteiger partial charge in [-0.05, 0) is 18.6 Å². The zero-order valence-electron chi connectivity index (χ0n) is 9.10. The van der Waals surface area contributed by atoms with E-state index in [1.165, 1.54) is 0 Å². The van der Waals surface area contributed by atoms with Gasteiger partial charge < -0.3 is 5.73 Å². The highest BCUT2D eigenvalue weighted by Gasteiger charge is 2.17. The van der Waals surface area contributed by atoms with E-state index in [0.717, 1.165) is 11.6 Å². The summed E-state index contributed by atoms with van der Waals surface area (Å²) in [5.74, 6) is -4.11. The molecule has 17 heavy (non-hydrogen) atoms. The van der Waals surface area contributed by atoms with Gasteiger partial charge in [0.15, 0.2) is 17.5 Å². The lowest BCUT2D eigenvalue weighted by molar-refractivity contribution is 0.451. The molecule has 0 aromatic heterocycles. The third-order valence-electron chi connectivity index (χ3n) is 2.54. The second kappa shape index (κ2) is 4.13. The lowest BCUT2D eigenvalue weighted by Gasteiger charge is -2.07. The topological polar surface area (TPSA) is 26.0 Å². The van der Waals surface area contributed by atoms with Crippen molar-refractivity contribution in [3.05, 3.63) is 53.3 Å². The number of nitrogen functional groups attached to an aromatic ring is 1. The van der Waals surface area contributed by atoms with Crippen LogP contribution in [0.5, 0.6) is 0 Å². The van der Waals surface area contributed by atoms with E-state index in [9.17, 15) is 13.2 Å². The van der Waals surface area contributed by atoms with Gasteiger partial charge in [-0.3, -0.25) is 0 Å². The van der Waals surface area contributed by atoms with E-state index in [2.05, 4.69) is 0 Å². The third-order valence-corrected chi connectivity index (χ3v) is 2.54. The van der Waals surface area contributed by atoms with E-state index in [1.807, 2.05) is 6.92 Å². The van der Waals surface area contributed by atoms with Gasteiger partial charge in [-0.2, -0.15) is 0 Å². The van der Waals surface area contributed by atoms with Gasteiger partial charge in [0.2, 0.25) is 0 Å². The second-order valence-electron chi connectivity index (χ2n) is 3.82. The molecule has 4 heteroatoms. The standard InChI is InChI=1S/C13H10F3N/c1-7-2-4-8(5-3-7)9-6-10(17)12(15)13(16)11(9)14/h2-6H,17H2,1H3. The van der Waals surface area contributed by atoms with Crippen molar-refractivity contribution in [3.8, 4) is 11.1 Å². The molecular weight excluding hydrogens is 227 g/mol. The van der Waals surface area contributed by atoms with Crippen molar-refractivity contribution in [2.75, 3.05) is 5.73 Å². The molecule has 0 fully saturated rings. The van der Waals surface area contributed by atoms with Crippen molar-refractivity contribution in [1.82, 2.24) is 0 Å². The molecule has 1 nitrogen and oxygen atoms in total. The van der Waals surface area contributed by atoms with Gasteiger partial charge in [-0.15, -0.1) is 0 Å². The Hall–Kier alpha value is -1.97. The molecule has 0 bridgehead atoms. The van der Waals surface area contributed by atoms with Crippen molar-refractivity contribution in [1.29, 1.82) is 0 Å². The Bertz CT molecular complexity index is 562. The Kier molecular flexibility index (Phi) is 2.79. The number of rotatable bonds is 1. The highest BCUT2D eigenvalue weighted by Crippen LogP contribution is 2.29. The molecule has 88 valence electrons. The third kappa shape index (κ3) is 1.98. The van der Waals surface area contributed by atoms with Crippen LogP contribution in [0.4, 0.5) is 18.9 Å². The maximum Gasteiger partial charge on any atom is 0.197 e. The first-order valence-corrected chi connectivity index (χ1v) is 5.00. The first-order chi connectivity index (χ1) is 8.00. The fourth-order valence-corrected chi connectivity index (χ4v) is 1.57. The van der Waals surface area contributed by atoms with Gasteiger partial charge in [0.1, 0.15) is 0 Å². The van der Waals surface area contributed by atoms with Crippen LogP contribution >= 0.6 is 0 Å². The van der Waals surface area contributed by atoms with Crippen LogP contribution in [-0.2, 0) is 0 Å². The summed E-state index contributed by atoms with van der Waals surface area (Å²) in [5.41, 5.74) is 6.28. The molecule has 0 aliphatic rings. The fraction of sp³-hybridized carbons (Fsp3) is 0.0769. The van der Waals surface area contributed by atoms with Crippen LogP contribution < -0.4 is 5.73 Å². The Balaban J connectivity index is 2.64. The number of halogens is 3. The molecule has 2 N–H and O–H groups in total. The van der Waals surface area contributed by atoms with Crippen LogP contribution in [0, 0.1) is 24.4 Å². The quantitative estimate of drug-likeness (QED) is 0.594. The smallest absolute Gasteiger partial charge is 0.197 e. The van der Waals surface area contributed by atoms with Gasteiger partial charge in [0.25, 0.3) is 0 Å². The summed E-state index contributed by atoms with van der Waals surface area (Å²) in [4.78, 5) is 0. The van der Waals surface area contributed by atoms with Gasteiger partial charge in [-0.25, -0.2) is 13.2 Å². The second-order valence-corrected chi connectivity index (χ2v) is 3.82. The van der Waals surface area contributed by atoms with E-state index >= 15 is 0 Å². The first-order valence-electron chi connectivity index (χ1n) is 5.00. The van der Waals surface area contributed by atoms with E-state index < -0.39 is 23.1 Å². The van der Waals surface area contributed by atoms with Crippen molar-refractivity contribution in [2.45, 2.75) is 6.92 Å². The zero-order valence-corrected chi connectivity index (χ0v) is 9.10. The van der Waals surface area contributed by atoms with Crippen molar-refractivity contribution < 1.29 is 13.2 Å². The Morgan fingerprint density at radius 3 is 2.06 bits per heavy atom. The lowest BCUT2D eigenvalue weighted by Crippen LogP contribution is -2.00. The van der Waals surface area contributed by atoms with Crippen LogP contribution in [0.3, 0.4) is 0 Å². The lowest BCUT2D eigenvalue weighted by atomic mass is 10.0.